The summed E-state index contributed by atoms with van der Waals surface area (Å²) in [4.78, 5) is 35.9. The summed E-state index contributed by atoms with van der Waals surface area (Å²) >= 11 is 0. The summed E-state index contributed by atoms with van der Waals surface area (Å²) in [5.74, 6) is -2.41. The van der Waals surface area contributed by atoms with Crippen molar-refractivity contribution >= 4 is 31.9 Å². The lowest BCUT2D eigenvalue weighted by Gasteiger charge is -2.47. The van der Waals surface area contributed by atoms with E-state index >= 15 is 0 Å². The Kier molecular flexibility index (Phi) is 10.9. The van der Waals surface area contributed by atoms with Crippen molar-refractivity contribution in [3.8, 4) is 0 Å². The molecule has 2 aromatic rings. The van der Waals surface area contributed by atoms with Gasteiger partial charge in [0.15, 0.2) is 0 Å². The van der Waals surface area contributed by atoms with Gasteiger partial charge in [0.25, 0.3) is 0 Å². The van der Waals surface area contributed by atoms with Crippen molar-refractivity contribution in [3.63, 3.8) is 0 Å². The lowest BCUT2D eigenvalue weighted by atomic mass is 9.85. The number of nitrogens with one attached hydrogen (secondary N) is 2. The van der Waals surface area contributed by atoms with Gasteiger partial charge in [0.2, 0.25) is 10.1 Å². The van der Waals surface area contributed by atoms with Gasteiger partial charge < -0.3 is 21.0 Å². The van der Waals surface area contributed by atoms with Gasteiger partial charge in [0.05, 0.1) is 11.8 Å². The fourth-order valence-electron chi connectivity index (χ4n) is 6.07. The molecular formula is C29H42N6O8S2. The van der Waals surface area contributed by atoms with Gasteiger partial charge in [-0.1, -0.05) is 12.1 Å². The van der Waals surface area contributed by atoms with E-state index in [1.165, 1.54) is 50.5 Å². The molecule has 16 heteroatoms. The Morgan fingerprint density at radius 2 is 1.24 bits per heavy atom. The Morgan fingerprint density at radius 3 is 1.71 bits per heavy atom. The minimum absolute atomic E-state index is 0.106. The Balaban J connectivity index is 1.69. The Labute approximate surface area is 264 Å². The van der Waals surface area contributed by atoms with Gasteiger partial charge in [-0.2, -0.15) is 24.9 Å². The lowest BCUT2D eigenvalue weighted by Crippen LogP contribution is -2.63. The highest BCUT2D eigenvalue weighted by atomic mass is 32.2. The van der Waals surface area contributed by atoms with Crippen LogP contribution in [0.2, 0.25) is 0 Å². The molecule has 2 N–H and O–H groups in total. The van der Waals surface area contributed by atoms with Crippen LogP contribution in [-0.2, 0) is 29.6 Å². The average molecular weight is 667 g/mol. The van der Waals surface area contributed by atoms with E-state index in [-0.39, 0.29) is 25.7 Å². The van der Waals surface area contributed by atoms with E-state index in [0.717, 1.165) is 12.1 Å². The molecule has 4 rings (SSSR count). The van der Waals surface area contributed by atoms with Crippen LogP contribution in [-0.4, -0.2) is 85.0 Å². The van der Waals surface area contributed by atoms with Crippen molar-refractivity contribution in [1.82, 2.24) is 20.6 Å². The molecule has 2 amide bonds. The van der Waals surface area contributed by atoms with Crippen LogP contribution in [0.1, 0.15) is 65.2 Å². The van der Waals surface area contributed by atoms with Crippen LogP contribution in [0.3, 0.4) is 0 Å². The van der Waals surface area contributed by atoms with Gasteiger partial charge in [0.1, 0.15) is 12.1 Å². The number of hydroxylamine groups is 4. The number of nitrogens with zero attached hydrogens (tertiary/aromatic N) is 4. The maximum absolute atomic E-state index is 14.7. The summed E-state index contributed by atoms with van der Waals surface area (Å²) in [5.41, 5.74) is -1.75. The van der Waals surface area contributed by atoms with Crippen LogP contribution < -0.4 is 10.6 Å². The number of carbonyl (C=O) groups excluding carboxylic acids is 2. The summed E-state index contributed by atoms with van der Waals surface area (Å²) in [6.07, 6.45) is 2.79. The molecule has 14 nitrogen and oxygen atoms in total. The second-order valence-corrected chi connectivity index (χ2v) is 16.1. The third-order valence-electron chi connectivity index (χ3n) is 8.74. The van der Waals surface area contributed by atoms with Crippen LogP contribution in [0.25, 0.3) is 0 Å². The number of aromatic nitrogens is 2. The molecule has 0 saturated carbocycles. The quantitative estimate of drug-likeness (QED) is 0.278. The normalized spacial score (nSPS) is 23.1. The van der Waals surface area contributed by atoms with E-state index in [2.05, 4.69) is 20.6 Å². The largest absolute Gasteiger partial charge is 0.608 e. The molecule has 2 aliphatic heterocycles. The Morgan fingerprint density at radius 1 is 0.778 bits per heavy atom. The van der Waals surface area contributed by atoms with Crippen molar-refractivity contribution < 1.29 is 34.5 Å². The predicted molar refractivity (Wildman–Crippen MR) is 164 cm³/mol. The molecule has 2 saturated heterocycles. The Hall–Kier alpha value is -2.70. The monoisotopic (exact) mass is 666 g/mol. The van der Waals surface area contributed by atoms with E-state index in [1.807, 2.05) is 0 Å². The third kappa shape index (κ3) is 6.74. The lowest BCUT2D eigenvalue weighted by molar-refractivity contribution is -0.709. The van der Waals surface area contributed by atoms with Crippen molar-refractivity contribution in [2.75, 3.05) is 26.2 Å². The highest BCUT2D eigenvalue weighted by Gasteiger charge is 2.55. The predicted octanol–water partition coefficient (Wildman–Crippen LogP) is 2.33. The first-order valence-electron chi connectivity index (χ1n) is 15.2. The summed E-state index contributed by atoms with van der Waals surface area (Å²) in [6.45, 7) is 4.46. The van der Waals surface area contributed by atoms with Crippen LogP contribution in [0.5, 0.6) is 0 Å². The number of amides is 2. The van der Waals surface area contributed by atoms with Gasteiger partial charge in [-0.15, -0.1) is 0 Å². The Bertz CT molecular complexity index is 1540. The fourth-order valence-corrected chi connectivity index (χ4v) is 9.54. The molecule has 248 valence electrons. The maximum atomic E-state index is 14.7. The van der Waals surface area contributed by atoms with Crippen LogP contribution in [0.4, 0.5) is 0 Å². The fraction of sp³-hybridized carbons (Fsp3) is 0.586. The van der Waals surface area contributed by atoms with Crippen molar-refractivity contribution in [2.24, 2.45) is 5.41 Å². The zero-order valence-corrected chi connectivity index (χ0v) is 27.3. The molecule has 0 aromatic carbocycles. The highest BCUT2D eigenvalue weighted by molar-refractivity contribution is 7.86. The molecule has 0 radical (unpaired) electrons. The van der Waals surface area contributed by atoms with E-state index in [9.17, 15) is 36.8 Å². The summed E-state index contributed by atoms with van der Waals surface area (Å²) in [5, 5.41) is 34.4. The zero-order chi connectivity index (χ0) is 32.9. The SMILES string of the molecule is CC(C)(CCC(=O)[N+]([O-])(C1CCCNCC1)S(=O)(=O)c1ccccn1)C(=O)[N+]([O-])(C1CCCNCC1)S(=O)(=O)c1ccccn1. The number of carbonyl (C=O) groups is 2. The number of rotatable bonds is 10. The summed E-state index contributed by atoms with van der Waals surface area (Å²) in [6, 6.07) is 5.83. The molecule has 2 aromatic heterocycles. The summed E-state index contributed by atoms with van der Waals surface area (Å²) < 4.78 is 51.0. The second-order valence-electron chi connectivity index (χ2n) is 12.2. The molecule has 0 spiro atoms. The van der Waals surface area contributed by atoms with E-state index in [1.54, 1.807) is 0 Å². The number of pyridine rings is 2. The average Bonchev–Trinajstić information content (AvgIpc) is 3.50. The van der Waals surface area contributed by atoms with Crippen molar-refractivity contribution in [1.29, 1.82) is 0 Å². The molecule has 2 aliphatic rings. The minimum atomic E-state index is -4.91. The molecule has 0 bridgehead atoms. The van der Waals surface area contributed by atoms with Gasteiger partial charge in [-0.3, -0.25) is 0 Å². The standard InChI is InChI=1S/C29H42N6O8S2/c1-29(2,28(37)35(39,24-10-8-18-31-22-15-24)45(42,43)26-12-4-6-20-33-26)16-13-27(36)34(38,23-9-7-17-30-21-14-23)44(40,41)25-11-3-5-19-32-25/h3-6,11-12,19-20,23-24,30-31H,7-10,13-18,21-22H2,1-2H3. The third-order valence-corrected chi connectivity index (χ3v) is 12.7. The summed E-state index contributed by atoms with van der Waals surface area (Å²) in [7, 11) is -9.79. The number of sulfonamides is 2. The zero-order valence-electron chi connectivity index (χ0n) is 25.6. The van der Waals surface area contributed by atoms with Crippen LogP contribution in [0, 0.1) is 15.8 Å². The molecule has 0 aliphatic carbocycles. The molecule has 4 heterocycles. The van der Waals surface area contributed by atoms with Crippen molar-refractivity contribution in [3.05, 3.63) is 59.2 Å². The number of quaternary nitrogens is 2. The topological polar surface area (TPSA) is 198 Å². The molecule has 4 unspecified atom stereocenters. The smallest absolute Gasteiger partial charge is 0.351 e. The van der Waals surface area contributed by atoms with Gasteiger partial charge >= 0.3 is 31.9 Å². The van der Waals surface area contributed by atoms with Crippen molar-refractivity contribution in [2.45, 2.75) is 87.3 Å². The van der Waals surface area contributed by atoms with Gasteiger partial charge in [0, 0.05) is 51.2 Å². The maximum Gasteiger partial charge on any atom is 0.351 e. The first kappa shape index (κ1) is 35.2. The molecule has 45 heavy (non-hydrogen) atoms. The van der Waals surface area contributed by atoms with Gasteiger partial charge in [-0.05, 0) is 70.5 Å². The van der Waals surface area contributed by atoms with Crippen LogP contribution in [0.15, 0.2) is 58.8 Å². The molecule has 2 fully saturated rings. The van der Waals surface area contributed by atoms with E-state index in [4.69, 9.17) is 0 Å². The van der Waals surface area contributed by atoms with Crippen LogP contribution >= 0.6 is 0 Å². The number of hydrogen-bond donors (Lipinski definition) is 2. The number of hydrogen-bond acceptors (Lipinski definition) is 12. The molecule has 4 atom stereocenters. The first-order chi connectivity index (χ1) is 21.2. The highest BCUT2D eigenvalue weighted by Crippen LogP contribution is 2.40. The first-order valence-corrected chi connectivity index (χ1v) is 18.1. The molecular weight excluding hydrogens is 624 g/mol. The van der Waals surface area contributed by atoms with Gasteiger partial charge in [-0.25, -0.2) is 19.6 Å². The van der Waals surface area contributed by atoms with E-state index in [0.29, 0.717) is 39.0 Å². The second kappa shape index (κ2) is 14.0. The minimum Gasteiger partial charge on any atom is -0.608 e. The van der Waals surface area contributed by atoms with E-state index < -0.39 is 80.4 Å².